The van der Waals surface area contributed by atoms with E-state index in [0.29, 0.717) is 12.1 Å². The Morgan fingerprint density at radius 3 is 2.12 bits per heavy atom. The van der Waals surface area contributed by atoms with Crippen LogP contribution in [-0.4, -0.2) is 12.0 Å². The second-order valence-electron chi connectivity index (χ2n) is 5.00. The number of fused-ring (bicyclic) bond motifs is 1. The molecule has 0 saturated carbocycles. The Morgan fingerprint density at radius 1 is 1.00 bits per heavy atom. The minimum Gasteiger partial charge on any atom is -0.423 e. The smallest absolute Gasteiger partial charge is 0.423 e. The molecule has 2 aromatic rings. The molecule has 12 heteroatoms. The van der Waals surface area contributed by atoms with E-state index in [1.165, 1.54) is 0 Å². The van der Waals surface area contributed by atoms with E-state index in [0.717, 1.165) is 0 Å². The maximum atomic E-state index is 14.2. The van der Waals surface area contributed by atoms with E-state index < -0.39 is 69.4 Å². The number of hydrogen-bond acceptors (Lipinski definition) is 3. The highest BCUT2D eigenvalue weighted by Gasteiger charge is 2.46. The van der Waals surface area contributed by atoms with Gasteiger partial charge in [-0.1, -0.05) is 0 Å². The van der Waals surface area contributed by atoms with Crippen LogP contribution < -0.4 is 14.4 Å². The zero-order valence-corrected chi connectivity index (χ0v) is 13.6. The Bertz CT molecular complexity index is 923. The van der Waals surface area contributed by atoms with Crippen LogP contribution >= 0.6 is 16.1 Å². The minimum atomic E-state index is -4.29. The van der Waals surface area contributed by atoms with Gasteiger partial charge < -0.3 is 14.4 Å². The first-order chi connectivity index (χ1) is 12.1. The van der Waals surface area contributed by atoms with Crippen LogP contribution in [0, 0.1) is 29.1 Å². The SMILES string of the molecule is O=C1Nc2cc(-c3c(F)c(F)c(NBr)c(F)c3F)c(F)cc2OC1(F)F. The summed E-state index contributed by atoms with van der Waals surface area (Å²) in [4.78, 5) is 11.2. The molecular weight excluding hydrogens is 441 g/mol. The molecule has 26 heavy (non-hydrogen) atoms. The number of nitrogens with one attached hydrogen (secondary N) is 2. The molecule has 0 unspecified atom stereocenters. The maximum absolute atomic E-state index is 14.2. The van der Waals surface area contributed by atoms with Crippen molar-refractivity contribution in [2.24, 2.45) is 0 Å². The summed E-state index contributed by atoms with van der Waals surface area (Å²) < 4.78 is 102. The standard InChI is InChI=1S/C14H4BrF7N2O2/c15-24-12-10(19)8(17)7(9(18)11(12)20)3-1-5-6(2-4(3)16)26-14(21,22)13(25)23-5/h1-2,24H,(H,23,25). The average Bonchev–Trinajstić information content (AvgIpc) is 2.56. The number of hydrogen-bond donors (Lipinski definition) is 2. The molecule has 1 heterocycles. The number of amides is 1. The van der Waals surface area contributed by atoms with Crippen LogP contribution in [0.25, 0.3) is 11.1 Å². The molecule has 0 spiro atoms. The fraction of sp³-hybridized carbons (Fsp3) is 0.0714. The monoisotopic (exact) mass is 444 g/mol. The van der Waals surface area contributed by atoms with E-state index in [2.05, 4.69) is 20.9 Å². The lowest BCUT2D eigenvalue weighted by Crippen LogP contribution is -2.43. The third-order valence-corrected chi connectivity index (χ3v) is 3.84. The highest BCUT2D eigenvalue weighted by molar-refractivity contribution is 9.10. The summed E-state index contributed by atoms with van der Waals surface area (Å²) in [6.07, 6.45) is -4.29. The summed E-state index contributed by atoms with van der Waals surface area (Å²) in [7, 11) is 0. The molecule has 0 fully saturated rings. The van der Waals surface area contributed by atoms with Gasteiger partial charge in [0.15, 0.2) is 29.0 Å². The van der Waals surface area contributed by atoms with Gasteiger partial charge in [0, 0.05) is 27.8 Å². The molecule has 138 valence electrons. The third-order valence-electron chi connectivity index (χ3n) is 3.45. The molecular formula is C14H4BrF7N2O2. The fourth-order valence-electron chi connectivity index (χ4n) is 2.26. The van der Waals surface area contributed by atoms with Crippen molar-refractivity contribution in [2.45, 2.75) is 6.11 Å². The Balaban J connectivity index is 2.25. The number of anilines is 2. The second-order valence-corrected chi connectivity index (χ2v) is 5.40. The van der Waals surface area contributed by atoms with Gasteiger partial charge in [0.05, 0.1) is 11.3 Å². The molecule has 2 aromatic carbocycles. The van der Waals surface area contributed by atoms with Crippen molar-refractivity contribution in [3.63, 3.8) is 0 Å². The molecule has 0 bridgehead atoms. The summed E-state index contributed by atoms with van der Waals surface area (Å²) in [5, 5.41) is 1.65. The van der Waals surface area contributed by atoms with Crippen molar-refractivity contribution >= 4 is 33.4 Å². The van der Waals surface area contributed by atoms with Gasteiger partial charge >= 0.3 is 12.0 Å². The first-order valence-electron chi connectivity index (χ1n) is 6.53. The second kappa shape index (κ2) is 6.04. The van der Waals surface area contributed by atoms with Gasteiger partial charge in [-0.2, -0.15) is 8.78 Å². The van der Waals surface area contributed by atoms with E-state index in [1.54, 1.807) is 9.66 Å². The van der Waals surface area contributed by atoms with Crippen molar-refractivity contribution in [3.05, 3.63) is 41.2 Å². The van der Waals surface area contributed by atoms with Crippen molar-refractivity contribution in [1.29, 1.82) is 0 Å². The maximum Gasteiger partial charge on any atom is 0.482 e. The fourth-order valence-corrected chi connectivity index (χ4v) is 2.61. The summed E-state index contributed by atoms with van der Waals surface area (Å²) in [6, 6.07) is 0.808. The average molecular weight is 445 g/mol. The van der Waals surface area contributed by atoms with Gasteiger partial charge in [0.1, 0.15) is 11.5 Å². The summed E-state index contributed by atoms with van der Waals surface area (Å²) in [6.45, 7) is 0. The number of rotatable bonds is 2. The minimum absolute atomic E-state index is 0.295. The van der Waals surface area contributed by atoms with Gasteiger partial charge in [-0.3, -0.25) is 4.79 Å². The topological polar surface area (TPSA) is 50.4 Å². The van der Waals surface area contributed by atoms with Crippen LogP contribution in [-0.2, 0) is 4.79 Å². The molecule has 0 aromatic heterocycles. The quantitative estimate of drug-likeness (QED) is 0.401. The van der Waals surface area contributed by atoms with Crippen LogP contribution in [0.4, 0.5) is 42.1 Å². The van der Waals surface area contributed by atoms with Gasteiger partial charge in [0.25, 0.3) is 0 Å². The molecule has 0 radical (unpaired) electrons. The molecule has 0 saturated heterocycles. The highest BCUT2D eigenvalue weighted by Crippen LogP contribution is 2.42. The van der Waals surface area contributed by atoms with Crippen molar-refractivity contribution in [1.82, 2.24) is 0 Å². The van der Waals surface area contributed by atoms with Crippen LogP contribution in [0.2, 0.25) is 0 Å². The van der Waals surface area contributed by atoms with Crippen molar-refractivity contribution < 1.29 is 40.3 Å². The molecule has 2 N–H and O–H groups in total. The summed E-state index contributed by atoms with van der Waals surface area (Å²) >= 11 is 2.42. The molecule has 3 rings (SSSR count). The number of carbonyl (C=O) groups excluding carboxylic acids is 1. The lowest BCUT2D eigenvalue weighted by atomic mass is 10.0. The van der Waals surface area contributed by atoms with E-state index in [4.69, 9.17) is 0 Å². The van der Waals surface area contributed by atoms with Gasteiger partial charge in [-0.25, -0.2) is 22.0 Å². The summed E-state index contributed by atoms with van der Waals surface area (Å²) in [5.41, 5.74) is -4.22. The molecule has 1 amide bonds. The zero-order chi connectivity index (χ0) is 19.4. The predicted molar refractivity (Wildman–Crippen MR) is 78.4 cm³/mol. The first kappa shape index (κ1) is 18.3. The van der Waals surface area contributed by atoms with Crippen LogP contribution in [0.5, 0.6) is 5.75 Å². The molecule has 0 atom stereocenters. The number of halogens is 8. The van der Waals surface area contributed by atoms with Crippen LogP contribution in [0.1, 0.15) is 0 Å². The Labute approximate surface area is 148 Å². The zero-order valence-electron chi connectivity index (χ0n) is 12.0. The van der Waals surface area contributed by atoms with Crippen LogP contribution in [0.15, 0.2) is 12.1 Å². The Hall–Kier alpha value is -2.50. The normalized spacial score (nSPS) is 15.2. The number of carbonyl (C=O) groups is 1. The van der Waals surface area contributed by atoms with E-state index in [1.807, 2.05) is 0 Å². The Kier molecular flexibility index (Phi) is 4.25. The number of alkyl halides is 2. The third kappa shape index (κ3) is 2.64. The van der Waals surface area contributed by atoms with E-state index in [9.17, 15) is 35.5 Å². The molecule has 0 aliphatic carbocycles. The Morgan fingerprint density at radius 2 is 1.58 bits per heavy atom. The predicted octanol–water partition coefficient (Wildman–Crippen LogP) is 4.69. The van der Waals surface area contributed by atoms with E-state index in [-0.39, 0.29) is 0 Å². The number of ether oxygens (including phenoxy) is 1. The largest absolute Gasteiger partial charge is 0.482 e. The van der Waals surface area contributed by atoms with Gasteiger partial charge in [0.2, 0.25) is 0 Å². The summed E-state index contributed by atoms with van der Waals surface area (Å²) in [5.74, 6) is -11.9. The molecule has 1 aliphatic rings. The lowest BCUT2D eigenvalue weighted by Gasteiger charge is -2.25. The van der Waals surface area contributed by atoms with Gasteiger partial charge in [-0.05, 0) is 6.07 Å². The van der Waals surface area contributed by atoms with E-state index >= 15 is 0 Å². The molecule has 1 aliphatic heterocycles. The lowest BCUT2D eigenvalue weighted by molar-refractivity contribution is -0.189. The number of benzene rings is 2. The van der Waals surface area contributed by atoms with Gasteiger partial charge in [-0.15, -0.1) is 0 Å². The van der Waals surface area contributed by atoms with Crippen molar-refractivity contribution in [2.75, 3.05) is 9.66 Å². The highest BCUT2D eigenvalue weighted by atomic mass is 79.9. The van der Waals surface area contributed by atoms with Crippen molar-refractivity contribution in [3.8, 4) is 16.9 Å². The first-order valence-corrected chi connectivity index (χ1v) is 7.32. The van der Waals surface area contributed by atoms with Crippen LogP contribution in [0.3, 0.4) is 0 Å². The molecule has 4 nitrogen and oxygen atoms in total.